The molecule has 0 aliphatic rings. The van der Waals surface area contributed by atoms with Crippen molar-refractivity contribution in [3.05, 3.63) is 9.81 Å². The van der Waals surface area contributed by atoms with Crippen molar-refractivity contribution in [1.29, 1.82) is 0 Å². The molecular formula is C10H16N4O3S. The number of carbonyl (C=O) groups is 2. The van der Waals surface area contributed by atoms with Crippen LogP contribution in [0.4, 0.5) is 9.59 Å². The molecule has 100 valence electrons. The van der Waals surface area contributed by atoms with E-state index in [2.05, 4.69) is 14.8 Å². The van der Waals surface area contributed by atoms with Gasteiger partial charge in [-0.2, -0.15) is 10.1 Å². The summed E-state index contributed by atoms with van der Waals surface area (Å²) in [6.45, 7) is 2.01. The van der Waals surface area contributed by atoms with E-state index in [0.717, 1.165) is 22.5 Å². The molecule has 8 heteroatoms. The van der Waals surface area contributed by atoms with Crippen LogP contribution in [0.25, 0.3) is 0 Å². The maximum Gasteiger partial charge on any atom is 0.437 e. The Kier molecular flexibility index (Phi) is 5.02. The van der Waals surface area contributed by atoms with Crippen molar-refractivity contribution in [2.45, 2.75) is 19.8 Å². The van der Waals surface area contributed by atoms with Gasteiger partial charge in [0.15, 0.2) is 0 Å². The summed E-state index contributed by atoms with van der Waals surface area (Å²) in [5, 5.41) is 4.82. The van der Waals surface area contributed by atoms with Gasteiger partial charge in [-0.05, 0) is 6.42 Å². The van der Waals surface area contributed by atoms with Gasteiger partial charge in [0.25, 0.3) is 0 Å². The van der Waals surface area contributed by atoms with Gasteiger partial charge in [0.05, 0.1) is 7.11 Å². The van der Waals surface area contributed by atoms with E-state index < -0.39 is 12.1 Å². The molecule has 0 radical (unpaired) electrons. The molecule has 1 aromatic heterocycles. The standard InChI is InChI=1S/C10H16N4O3S/c1-5-6-7-12-14(10(16)17-4)9(18-7)11-8(15)13(2)3/h5-6H2,1-4H3. The second kappa shape index (κ2) is 6.29. The maximum absolute atomic E-state index is 11.5. The number of methoxy groups -OCH3 is 1. The second-order valence-corrected chi connectivity index (χ2v) is 4.74. The van der Waals surface area contributed by atoms with Crippen LogP contribution in [0.1, 0.15) is 18.4 Å². The highest BCUT2D eigenvalue weighted by Crippen LogP contribution is 2.03. The quantitative estimate of drug-likeness (QED) is 0.807. The number of hydrogen-bond acceptors (Lipinski definition) is 5. The highest BCUT2D eigenvalue weighted by molar-refractivity contribution is 7.08. The fraction of sp³-hybridized carbons (Fsp3) is 0.600. The summed E-state index contributed by atoms with van der Waals surface area (Å²) in [6.07, 6.45) is 0.974. The molecular weight excluding hydrogens is 256 g/mol. The molecule has 0 atom stereocenters. The van der Waals surface area contributed by atoms with Gasteiger partial charge in [-0.1, -0.05) is 18.3 Å². The summed E-state index contributed by atoms with van der Waals surface area (Å²) in [5.41, 5.74) is 0. The number of aromatic nitrogens is 2. The lowest BCUT2D eigenvalue weighted by Gasteiger charge is -2.03. The summed E-state index contributed by atoms with van der Waals surface area (Å²) < 4.78 is 5.60. The third-order valence-electron chi connectivity index (χ3n) is 1.99. The van der Waals surface area contributed by atoms with E-state index in [-0.39, 0.29) is 4.80 Å². The summed E-state index contributed by atoms with van der Waals surface area (Å²) >= 11 is 1.21. The largest absolute Gasteiger partial charge is 0.451 e. The Morgan fingerprint density at radius 2 is 2.17 bits per heavy atom. The predicted molar refractivity (Wildman–Crippen MR) is 66.5 cm³/mol. The maximum atomic E-state index is 11.5. The highest BCUT2D eigenvalue weighted by atomic mass is 32.1. The van der Waals surface area contributed by atoms with E-state index in [1.807, 2.05) is 6.92 Å². The number of urea groups is 1. The van der Waals surface area contributed by atoms with Gasteiger partial charge in [0.1, 0.15) is 5.01 Å². The van der Waals surface area contributed by atoms with Crippen LogP contribution in [0.15, 0.2) is 4.99 Å². The molecule has 0 fully saturated rings. The lowest BCUT2D eigenvalue weighted by atomic mass is 10.4. The average Bonchev–Trinajstić information content (AvgIpc) is 2.71. The number of amides is 2. The minimum atomic E-state index is -0.654. The number of rotatable bonds is 2. The van der Waals surface area contributed by atoms with E-state index in [9.17, 15) is 9.59 Å². The molecule has 0 saturated heterocycles. The summed E-state index contributed by atoms with van der Waals surface area (Å²) in [6, 6.07) is -0.445. The summed E-state index contributed by atoms with van der Waals surface area (Å²) in [5.74, 6) is 0. The Hall–Kier alpha value is -1.70. The Morgan fingerprint density at radius 1 is 1.50 bits per heavy atom. The smallest absolute Gasteiger partial charge is 0.437 e. The van der Waals surface area contributed by atoms with E-state index in [0.29, 0.717) is 0 Å². The molecule has 18 heavy (non-hydrogen) atoms. The van der Waals surface area contributed by atoms with Crippen molar-refractivity contribution in [3.8, 4) is 0 Å². The molecule has 0 saturated carbocycles. The molecule has 0 aromatic carbocycles. The Bertz CT molecular complexity index is 503. The SMILES string of the molecule is CCCc1nn(C(=O)OC)c(=NC(=O)N(C)C)s1. The number of nitrogens with zero attached hydrogens (tertiary/aromatic N) is 4. The zero-order valence-electron chi connectivity index (χ0n) is 10.8. The molecule has 0 bridgehead atoms. The minimum Gasteiger partial charge on any atom is -0.451 e. The third kappa shape index (κ3) is 3.39. The first-order valence-corrected chi connectivity index (χ1v) is 6.24. The monoisotopic (exact) mass is 272 g/mol. The Labute approximate surface area is 109 Å². The molecule has 1 rings (SSSR count). The molecule has 0 N–H and O–H groups in total. The van der Waals surface area contributed by atoms with Gasteiger partial charge >= 0.3 is 12.1 Å². The first-order valence-electron chi connectivity index (χ1n) is 5.43. The van der Waals surface area contributed by atoms with Crippen LogP contribution in [0, 0.1) is 0 Å². The van der Waals surface area contributed by atoms with E-state index in [4.69, 9.17) is 0 Å². The second-order valence-electron chi connectivity index (χ2n) is 3.70. The number of carbonyl (C=O) groups excluding carboxylic acids is 2. The van der Waals surface area contributed by atoms with Crippen LogP contribution in [0.2, 0.25) is 0 Å². The molecule has 2 amide bonds. The lowest BCUT2D eigenvalue weighted by molar-refractivity contribution is 0.168. The molecule has 0 aliphatic carbocycles. The molecule has 7 nitrogen and oxygen atoms in total. The van der Waals surface area contributed by atoms with E-state index >= 15 is 0 Å². The topological polar surface area (TPSA) is 76.8 Å². The van der Waals surface area contributed by atoms with Crippen LogP contribution < -0.4 is 4.80 Å². The minimum absolute atomic E-state index is 0.226. The van der Waals surface area contributed by atoms with Gasteiger partial charge < -0.3 is 9.64 Å². The third-order valence-corrected chi connectivity index (χ3v) is 2.96. The van der Waals surface area contributed by atoms with Gasteiger partial charge in [-0.15, -0.1) is 4.68 Å². The van der Waals surface area contributed by atoms with Gasteiger partial charge in [-0.25, -0.2) is 9.59 Å². The van der Waals surface area contributed by atoms with Crippen molar-refractivity contribution >= 4 is 23.5 Å². The number of ether oxygens (including phenoxy) is 1. The van der Waals surface area contributed by atoms with Crippen molar-refractivity contribution < 1.29 is 14.3 Å². The fourth-order valence-corrected chi connectivity index (χ4v) is 2.06. The molecule has 0 spiro atoms. The van der Waals surface area contributed by atoms with Crippen LogP contribution in [-0.2, 0) is 11.2 Å². The predicted octanol–water partition coefficient (Wildman–Crippen LogP) is 1.09. The lowest BCUT2D eigenvalue weighted by Crippen LogP contribution is -2.28. The normalized spacial score (nSPS) is 11.4. The molecule has 0 aliphatic heterocycles. The molecule has 0 unspecified atom stereocenters. The highest BCUT2D eigenvalue weighted by Gasteiger charge is 2.13. The Balaban J connectivity index is 3.23. The van der Waals surface area contributed by atoms with E-state index in [1.165, 1.54) is 23.3 Å². The number of aryl methyl sites for hydroxylation is 1. The van der Waals surface area contributed by atoms with E-state index in [1.54, 1.807) is 14.1 Å². The van der Waals surface area contributed by atoms with Gasteiger partial charge in [0.2, 0.25) is 4.80 Å². The van der Waals surface area contributed by atoms with Crippen molar-refractivity contribution in [1.82, 2.24) is 14.7 Å². The van der Waals surface area contributed by atoms with Crippen molar-refractivity contribution in [3.63, 3.8) is 0 Å². The number of hydrogen-bond donors (Lipinski definition) is 0. The van der Waals surface area contributed by atoms with Crippen LogP contribution >= 0.6 is 11.3 Å². The zero-order valence-corrected chi connectivity index (χ0v) is 11.7. The summed E-state index contributed by atoms with van der Waals surface area (Å²) in [7, 11) is 4.43. The fourth-order valence-electron chi connectivity index (χ4n) is 1.10. The average molecular weight is 272 g/mol. The van der Waals surface area contributed by atoms with Gasteiger partial charge in [-0.3, -0.25) is 0 Å². The molecule has 1 aromatic rings. The van der Waals surface area contributed by atoms with Gasteiger partial charge in [0, 0.05) is 20.5 Å². The zero-order chi connectivity index (χ0) is 13.7. The Morgan fingerprint density at radius 3 is 2.67 bits per heavy atom. The van der Waals surface area contributed by atoms with Crippen molar-refractivity contribution in [2.24, 2.45) is 4.99 Å². The van der Waals surface area contributed by atoms with Crippen molar-refractivity contribution in [2.75, 3.05) is 21.2 Å². The van der Waals surface area contributed by atoms with Crippen LogP contribution in [-0.4, -0.2) is 48.0 Å². The first kappa shape index (κ1) is 14.4. The summed E-state index contributed by atoms with van der Waals surface area (Å²) in [4.78, 5) is 28.4. The molecule has 1 heterocycles. The first-order chi connectivity index (χ1) is 8.49. The van der Waals surface area contributed by atoms with Crippen LogP contribution in [0.3, 0.4) is 0 Å². The van der Waals surface area contributed by atoms with Crippen LogP contribution in [0.5, 0.6) is 0 Å².